The van der Waals surface area contributed by atoms with Crippen molar-refractivity contribution in [3.8, 4) is 5.75 Å². The Morgan fingerprint density at radius 1 is 1.30 bits per heavy atom. The van der Waals surface area contributed by atoms with Crippen LogP contribution in [-0.2, 0) is 10.5 Å². The first-order valence-electron chi connectivity index (χ1n) is 8.85. The molecule has 1 aromatic carbocycles. The number of nitrogens with zero attached hydrogens (tertiary/aromatic N) is 2. The van der Waals surface area contributed by atoms with Crippen molar-refractivity contribution in [2.24, 2.45) is 5.92 Å². The summed E-state index contributed by atoms with van der Waals surface area (Å²) in [6, 6.07) is 8.02. The standard InChI is InChI=1S/C19H14BrN3O5S2/c20-13-4-2-1-3-12(13)17(26)28-15-8-27-11(7-14(15)24)9-29-19-23-22-18(30-19)21-16(25)10-5-6-10/h1-4,7-8,10H,5-6,9H2,(H,21,22,25). The molecule has 0 spiro atoms. The monoisotopic (exact) mass is 507 g/mol. The molecule has 2 aromatic heterocycles. The number of carbonyl (C=O) groups is 2. The van der Waals surface area contributed by atoms with E-state index in [0.717, 1.165) is 19.1 Å². The van der Waals surface area contributed by atoms with Crippen LogP contribution in [0.25, 0.3) is 0 Å². The normalized spacial score (nSPS) is 13.1. The highest BCUT2D eigenvalue weighted by Gasteiger charge is 2.30. The maximum atomic E-state index is 12.3. The van der Waals surface area contributed by atoms with Crippen LogP contribution in [0.1, 0.15) is 29.0 Å². The molecule has 0 unspecified atom stereocenters. The Morgan fingerprint density at radius 3 is 2.83 bits per heavy atom. The first-order valence-corrected chi connectivity index (χ1v) is 11.4. The molecule has 1 saturated carbocycles. The molecular weight excluding hydrogens is 494 g/mol. The van der Waals surface area contributed by atoms with Crippen molar-refractivity contribution in [3.05, 3.63) is 62.6 Å². The van der Waals surface area contributed by atoms with Crippen LogP contribution >= 0.6 is 39.0 Å². The van der Waals surface area contributed by atoms with Gasteiger partial charge in [0.1, 0.15) is 12.0 Å². The lowest BCUT2D eigenvalue weighted by Crippen LogP contribution is -2.15. The summed E-state index contributed by atoms with van der Waals surface area (Å²) in [6.45, 7) is 0. The van der Waals surface area contributed by atoms with Gasteiger partial charge < -0.3 is 14.5 Å². The average molecular weight is 508 g/mol. The van der Waals surface area contributed by atoms with Crippen molar-refractivity contribution in [1.82, 2.24) is 10.2 Å². The van der Waals surface area contributed by atoms with E-state index in [1.807, 2.05) is 0 Å². The van der Waals surface area contributed by atoms with Crippen LogP contribution in [0.5, 0.6) is 5.75 Å². The molecule has 1 fully saturated rings. The van der Waals surface area contributed by atoms with Crippen molar-refractivity contribution in [2.45, 2.75) is 22.9 Å². The highest BCUT2D eigenvalue weighted by atomic mass is 79.9. The molecule has 8 nitrogen and oxygen atoms in total. The van der Waals surface area contributed by atoms with Crippen LogP contribution in [-0.4, -0.2) is 22.1 Å². The summed E-state index contributed by atoms with van der Waals surface area (Å²) < 4.78 is 11.8. The van der Waals surface area contributed by atoms with Gasteiger partial charge in [0, 0.05) is 16.5 Å². The molecule has 1 amide bonds. The quantitative estimate of drug-likeness (QED) is 0.288. The average Bonchev–Trinajstić information content (AvgIpc) is 3.49. The summed E-state index contributed by atoms with van der Waals surface area (Å²) in [5.74, 6) is -0.0587. The van der Waals surface area contributed by atoms with Crippen molar-refractivity contribution < 1.29 is 18.7 Å². The topological polar surface area (TPSA) is 111 Å². The van der Waals surface area contributed by atoms with Crippen molar-refractivity contribution >= 4 is 56.0 Å². The van der Waals surface area contributed by atoms with Crippen LogP contribution in [0, 0.1) is 5.92 Å². The van der Waals surface area contributed by atoms with Crippen molar-refractivity contribution in [2.75, 3.05) is 5.32 Å². The van der Waals surface area contributed by atoms with Crippen LogP contribution in [0.2, 0.25) is 0 Å². The molecule has 154 valence electrons. The predicted molar refractivity (Wildman–Crippen MR) is 115 cm³/mol. The van der Waals surface area contributed by atoms with Crippen LogP contribution in [0.15, 0.2) is 54.6 Å². The number of amides is 1. The SMILES string of the molecule is O=C(Oc1coc(CSc2nnc(NC(=O)C3CC3)s2)cc1=O)c1ccccc1Br. The fourth-order valence-electron chi connectivity index (χ4n) is 2.37. The number of halogens is 1. The Labute approximate surface area is 187 Å². The number of hydrogen-bond acceptors (Lipinski definition) is 9. The van der Waals surface area contributed by atoms with Gasteiger partial charge in [-0.2, -0.15) is 0 Å². The number of anilines is 1. The number of hydrogen-bond donors (Lipinski definition) is 1. The molecule has 0 saturated heterocycles. The van der Waals surface area contributed by atoms with Gasteiger partial charge in [0.05, 0.1) is 11.3 Å². The van der Waals surface area contributed by atoms with E-state index >= 15 is 0 Å². The van der Waals surface area contributed by atoms with E-state index in [4.69, 9.17) is 9.15 Å². The van der Waals surface area contributed by atoms with Crippen LogP contribution < -0.4 is 15.5 Å². The Hall–Kier alpha value is -2.50. The summed E-state index contributed by atoms with van der Waals surface area (Å²) in [5, 5.41) is 11.1. The highest BCUT2D eigenvalue weighted by molar-refractivity contribution is 9.10. The Balaban J connectivity index is 1.35. The number of thioether (sulfide) groups is 1. The number of ether oxygens (including phenoxy) is 1. The minimum absolute atomic E-state index is 0.0265. The van der Waals surface area contributed by atoms with Gasteiger partial charge in [-0.25, -0.2) is 4.79 Å². The van der Waals surface area contributed by atoms with Gasteiger partial charge in [0.25, 0.3) is 0 Å². The summed E-state index contributed by atoms with van der Waals surface area (Å²) in [4.78, 5) is 36.2. The van der Waals surface area contributed by atoms with Gasteiger partial charge in [-0.1, -0.05) is 35.2 Å². The second kappa shape index (κ2) is 9.11. The molecule has 2 heterocycles. The molecule has 1 N–H and O–H groups in total. The van der Waals surface area contributed by atoms with E-state index in [-0.39, 0.29) is 17.6 Å². The van der Waals surface area contributed by atoms with E-state index in [9.17, 15) is 14.4 Å². The van der Waals surface area contributed by atoms with E-state index < -0.39 is 11.4 Å². The van der Waals surface area contributed by atoms with E-state index in [2.05, 4.69) is 31.4 Å². The summed E-state index contributed by atoms with van der Waals surface area (Å²) >= 11 is 5.84. The van der Waals surface area contributed by atoms with E-state index in [1.54, 1.807) is 24.3 Å². The van der Waals surface area contributed by atoms with E-state index in [1.165, 1.54) is 29.2 Å². The first kappa shape index (κ1) is 20.8. The maximum absolute atomic E-state index is 12.3. The molecule has 0 radical (unpaired) electrons. The molecular formula is C19H14BrN3O5S2. The van der Waals surface area contributed by atoms with E-state index in [0.29, 0.717) is 31.0 Å². The molecule has 0 aliphatic heterocycles. The predicted octanol–water partition coefficient (Wildman–Crippen LogP) is 4.11. The zero-order chi connectivity index (χ0) is 21.1. The van der Waals surface area contributed by atoms with Gasteiger partial charge in [0.15, 0.2) is 4.34 Å². The Kier molecular flexibility index (Phi) is 6.30. The minimum Gasteiger partial charge on any atom is -0.464 e. The zero-order valence-corrected chi connectivity index (χ0v) is 18.5. The van der Waals surface area contributed by atoms with Crippen molar-refractivity contribution in [3.63, 3.8) is 0 Å². The lowest BCUT2D eigenvalue weighted by molar-refractivity contribution is -0.117. The van der Waals surface area contributed by atoms with Gasteiger partial charge in [-0.05, 0) is 40.9 Å². The lowest BCUT2D eigenvalue weighted by Gasteiger charge is -2.05. The second-order valence-electron chi connectivity index (χ2n) is 6.37. The Morgan fingerprint density at radius 2 is 2.10 bits per heavy atom. The number of esters is 1. The van der Waals surface area contributed by atoms with Crippen molar-refractivity contribution in [1.29, 1.82) is 0 Å². The van der Waals surface area contributed by atoms with Gasteiger partial charge in [-0.15, -0.1) is 10.2 Å². The molecule has 1 aliphatic carbocycles. The molecule has 3 aromatic rings. The highest BCUT2D eigenvalue weighted by Crippen LogP contribution is 2.32. The fourth-order valence-corrected chi connectivity index (χ4v) is 4.47. The number of carbonyl (C=O) groups excluding carboxylic acids is 2. The smallest absolute Gasteiger partial charge is 0.344 e. The van der Waals surface area contributed by atoms with Gasteiger partial charge >= 0.3 is 5.97 Å². The minimum atomic E-state index is -0.661. The third-order valence-corrected chi connectivity index (χ3v) is 6.76. The second-order valence-corrected chi connectivity index (χ2v) is 9.42. The molecule has 0 bridgehead atoms. The molecule has 30 heavy (non-hydrogen) atoms. The number of rotatable bonds is 7. The maximum Gasteiger partial charge on any atom is 0.344 e. The first-order chi connectivity index (χ1) is 14.5. The summed E-state index contributed by atoms with van der Waals surface area (Å²) in [5.41, 5.74) is -0.163. The largest absolute Gasteiger partial charge is 0.464 e. The molecule has 11 heteroatoms. The van der Waals surface area contributed by atoms with Crippen LogP contribution in [0.4, 0.5) is 5.13 Å². The fraction of sp³-hybridized carbons (Fsp3) is 0.211. The molecule has 1 aliphatic rings. The van der Waals surface area contributed by atoms with Gasteiger partial charge in [-0.3, -0.25) is 9.59 Å². The zero-order valence-electron chi connectivity index (χ0n) is 15.3. The lowest BCUT2D eigenvalue weighted by atomic mass is 10.2. The van der Waals surface area contributed by atoms with Crippen LogP contribution in [0.3, 0.4) is 0 Å². The molecule has 0 atom stereocenters. The van der Waals surface area contributed by atoms with Gasteiger partial charge in [0.2, 0.25) is 22.2 Å². The molecule has 4 rings (SSSR count). The number of benzene rings is 1. The number of aromatic nitrogens is 2. The third kappa shape index (κ3) is 5.15. The third-order valence-electron chi connectivity index (χ3n) is 4.07. The Bertz CT molecular complexity index is 1160. The summed E-state index contributed by atoms with van der Waals surface area (Å²) in [6.07, 6.45) is 2.95. The summed E-state index contributed by atoms with van der Waals surface area (Å²) in [7, 11) is 0. The number of nitrogens with one attached hydrogen (secondary N) is 1.